The molecule has 1 fully saturated rings. The summed E-state index contributed by atoms with van der Waals surface area (Å²) >= 11 is 1.70. The molecule has 29 heavy (non-hydrogen) atoms. The molecule has 0 bridgehead atoms. The molecule has 6 nitrogen and oxygen atoms in total. The zero-order chi connectivity index (χ0) is 20.2. The second kappa shape index (κ2) is 8.69. The van der Waals surface area contributed by atoms with Crippen molar-refractivity contribution in [1.82, 2.24) is 15.2 Å². The number of anilines is 1. The summed E-state index contributed by atoms with van der Waals surface area (Å²) in [5, 5.41) is 4.04. The van der Waals surface area contributed by atoms with Crippen LogP contribution in [0.15, 0.2) is 42.5 Å². The molecule has 152 valence electrons. The van der Waals surface area contributed by atoms with Crippen LogP contribution in [-0.4, -0.2) is 55.7 Å². The maximum Gasteiger partial charge on any atom is 0.317 e. The van der Waals surface area contributed by atoms with Gasteiger partial charge in [0.2, 0.25) is 0 Å². The number of hydrogen-bond acceptors (Lipinski definition) is 5. The Labute approximate surface area is 175 Å². The number of carbonyl (C=O) groups excluding carboxylic acids is 1. The number of thiazole rings is 1. The van der Waals surface area contributed by atoms with Crippen molar-refractivity contribution in [2.75, 3.05) is 44.7 Å². The van der Waals surface area contributed by atoms with Crippen LogP contribution in [0.4, 0.5) is 9.93 Å². The fourth-order valence-corrected chi connectivity index (χ4v) is 4.67. The molecule has 0 unspecified atom stereocenters. The smallest absolute Gasteiger partial charge is 0.317 e. The predicted molar refractivity (Wildman–Crippen MR) is 118 cm³/mol. The van der Waals surface area contributed by atoms with Crippen LogP contribution in [0.1, 0.15) is 11.1 Å². The monoisotopic (exact) mass is 410 g/mol. The van der Waals surface area contributed by atoms with Crippen LogP contribution in [0.2, 0.25) is 0 Å². The first-order valence-corrected chi connectivity index (χ1v) is 10.7. The molecule has 7 heteroatoms. The van der Waals surface area contributed by atoms with Gasteiger partial charge in [0.25, 0.3) is 0 Å². The van der Waals surface area contributed by atoms with Crippen molar-refractivity contribution < 1.29 is 9.53 Å². The van der Waals surface area contributed by atoms with Crippen molar-refractivity contribution in [3.8, 4) is 5.75 Å². The van der Waals surface area contributed by atoms with Crippen LogP contribution in [0.5, 0.6) is 5.75 Å². The highest BCUT2D eigenvalue weighted by atomic mass is 32.1. The van der Waals surface area contributed by atoms with Crippen LogP contribution in [0.3, 0.4) is 0 Å². The lowest BCUT2D eigenvalue weighted by Gasteiger charge is -2.34. The Morgan fingerprint density at radius 1 is 1.14 bits per heavy atom. The zero-order valence-electron chi connectivity index (χ0n) is 16.9. The Hall–Kier alpha value is -2.80. The van der Waals surface area contributed by atoms with E-state index in [0.717, 1.165) is 35.9 Å². The highest BCUT2D eigenvalue weighted by Gasteiger charge is 2.23. The van der Waals surface area contributed by atoms with E-state index in [-0.39, 0.29) is 6.03 Å². The number of methoxy groups -OCH3 is 1. The molecule has 0 spiro atoms. The zero-order valence-corrected chi connectivity index (χ0v) is 17.7. The van der Waals surface area contributed by atoms with E-state index in [4.69, 9.17) is 9.72 Å². The molecule has 2 aromatic carbocycles. The Bertz CT molecular complexity index is 981. The normalized spacial score (nSPS) is 14.3. The minimum absolute atomic E-state index is 0.0161. The van der Waals surface area contributed by atoms with Gasteiger partial charge in [-0.25, -0.2) is 9.78 Å². The van der Waals surface area contributed by atoms with Gasteiger partial charge in [-0.1, -0.05) is 47.7 Å². The van der Waals surface area contributed by atoms with Crippen molar-refractivity contribution in [2.45, 2.75) is 13.3 Å². The van der Waals surface area contributed by atoms with Gasteiger partial charge in [0.1, 0.15) is 11.3 Å². The number of benzene rings is 2. The molecule has 2 amide bonds. The fourth-order valence-electron chi connectivity index (χ4n) is 3.57. The van der Waals surface area contributed by atoms with Gasteiger partial charge in [0.05, 0.1) is 11.8 Å². The molecule has 2 heterocycles. The summed E-state index contributed by atoms with van der Waals surface area (Å²) < 4.78 is 6.63. The highest BCUT2D eigenvalue weighted by molar-refractivity contribution is 7.22. The first kappa shape index (κ1) is 19.5. The second-order valence-electron chi connectivity index (χ2n) is 7.20. The highest BCUT2D eigenvalue weighted by Crippen LogP contribution is 2.36. The van der Waals surface area contributed by atoms with Crippen molar-refractivity contribution >= 4 is 32.7 Å². The van der Waals surface area contributed by atoms with E-state index in [1.807, 2.05) is 29.2 Å². The lowest BCUT2D eigenvalue weighted by atomic mass is 10.1. The Balaban J connectivity index is 1.33. The third-order valence-corrected chi connectivity index (χ3v) is 6.53. The molecule has 1 saturated heterocycles. The third-order valence-electron chi connectivity index (χ3n) is 5.28. The van der Waals surface area contributed by atoms with Crippen LogP contribution in [0.25, 0.3) is 10.2 Å². The number of piperazine rings is 1. The van der Waals surface area contributed by atoms with E-state index >= 15 is 0 Å². The molecule has 0 saturated carbocycles. The van der Waals surface area contributed by atoms with Gasteiger partial charge in [-0.3, -0.25) is 0 Å². The topological polar surface area (TPSA) is 57.7 Å². The molecule has 3 aromatic rings. The molecule has 1 aromatic heterocycles. The SMILES string of the molecule is COc1ccc(C)c2sc(N3CCN(C(=O)NCCc4ccccc4)CC3)nc12. The molecule has 4 rings (SSSR count). The average Bonchev–Trinajstić information content (AvgIpc) is 3.21. The number of aryl methyl sites for hydroxylation is 1. The number of fused-ring (bicyclic) bond motifs is 1. The van der Waals surface area contributed by atoms with Crippen LogP contribution < -0.4 is 15.0 Å². The third kappa shape index (κ3) is 4.29. The van der Waals surface area contributed by atoms with Gasteiger partial charge < -0.3 is 19.9 Å². The van der Waals surface area contributed by atoms with Crippen LogP contribution >= 0.6 is 11.3 Å². The molecular weight excluding hydrogens is 384 g/mol. The number of nitrogens with zero attached hydrogens (tertiary/aromatic N) is 3. The number of ether oxygens (including phenoxy) is 1. The minimum Gasteiger partial charge on any atom is -0.494 e. The number of nitrogens with one attached hydrogen (secondary N) is 1. The van der Waals surface area contributed by atoms with Gasteiger partial charge in [0.15, 0.2) is 5.13 Å². The first-order chi connectivity index (χ1) is 14.2. The number of urea groups is 1. The summed E-state index contributed by atoms with van der Waals surface area (Å²) in [5.41, 5.74) is 3.37. The van der Waals surface area contributed by atoms with Crippen LogP contribution in [-0.2, 0) is 6.42 Å². The maximum atomic E-state index is 12.5. The quantitative estimate of drug-likeness (QED) is 0.697. The summed E-state index contributed by atoms with van der Waals surface area (Å²) in [4.78, 5) is 21.4. The van der Waals surface area contributed by atoms with E-state index in [1.54, 1.807) is 18.4 Å². The number of rotatable bonds is 5. The first-order valence-electron chi connectivity index (χ1n) is 9.91. The van der Waals surface area contributed by atoms with E-state index in [0.29, 0.717) is 19.6 Å². The molecule has 1 N–H and O–H groups in total. The maximum absolute atomic E-state index is 12.5. The van der Waals surface area contributed by atoms with Gasteiger partial charge >= 0.3 is 6.03 Å². The Morgan fingerprint density at radius 3 is 2.62 bits per heavy atom. The minimum atomic E-state index is 0.0161. The number of aromatic nitrogens is 1. The number of amides is 2. The summed E-state index contributed by atoms with van der Waals surface area (Å²) in [6.45, 7) is 5.72. The second-order valence-corrected chi connectivity index (χ2v) is 8.18. The largest absolute Gasteiger partial charge is 0.494 e. The standard InChI is InChI=1S/C22H26N4O2S/c1-16-8-9-18(28-2)19-20(16)29-22(24-19)26-14-12-25(13-15-26)21(27)23-11-10-17-6-4-3-5-7-17/h3-9H,10-15H2,1-2H3,(H,23,27). The van der Waals surface area contributed by atoms with Crippen LogP contribution in [0, 0.1) is 6.92 Å². The summed E-state index contributed by atoms with van der Waals surface area (Å²) in [7, 11) is 1.68. The van der Waals surface area contributed by atoms with E-state index in [9.17, 15) is 4.79 Å². The average molecular weight is 411 g/mol. The van der Waals surface area contributed by atoms with E-state index < -0.39 is 0 Å². The Kier molecular flexibility index (Phi) is 5.85. The van der Waals surface area contributed by atoms with E-state index in [1.165, 1.54) is 15.8 Å². The van der Waals surface area contributed by atoms with Gasteiger partial charge in [-0.15, -0.1) is 0 Å². The summed E-state index contributed by atoms with van der Waals surface area (Å²) in [6.07, 6.45) is 0.847. The van der Waals surface area contributed by atoms with Crippen molar-refractivity contribution in [2.24, 2.45) is 0 Å². The molecule has 0 aliphatic carbocycles. The molecule has 1 aliphatic heterocycles. The van der Waals surface area contributed by atoms with Crippen molar-refractivity contribution in [3.05, 3.63) is 53.6 Å². The molecular formula is C22H26N4O2S. The predicted octanol–water partition coefficient (Wildman–Crippen LogP) is 3.69. The Morgan fingerprint density at radius 2 is 1.90 bits per heavy atom. The fraction of sp³-hybridized carbons (Fsp3) is 0.364. The summed E-state index contributed by atoms with van der Waals surface area (Å²) in [6, 6.07) is 14.3. The van der Waals surface area contributed by atoms with Gasteiger partial charge in [0, 0.05) is 32.7 Å². The van der Waals surface area contributed by atoms with Crippen molar-refractivity contribution in [3.63, 3.8) is 0 Å². The van der Waals surface area contributed by atoms with Crippen molar-refractivity contribution in [1.29, 1.82) is 0 Å². The lowest BCUT2D eigenvalue weighted by molar-refractivity contribution is 0.194. The molecule has 0 atom stereocenters. The van der Waals surface area contributed by atoms with E-state index in [2.05, 4.69) is 35.3 Å². The van der Waals surface area contributed by atoms with Gasteiger partial charge in [-0.2, -0.15) is 0 Å². The number of hydrogen-bond donors (Lipinski definition) is 1. The molecule has 0 radical (unpaired) electrons. The molecule has 1 aliphatic rings. The van der Waals surface area contributed by atoms with Gasteiger partial charge in [-0.05, 0) is 30.5 Å². The summed E-state index contributed by atoms with van der Waals surface area (Å²) in [5.74, 6) is 0.810. The lowest BCUT2D eigenvalue weighted by Crippen LogP contribution is -2.52. The number of carbonyl (C=O) groups is 1.